The van der Waals surface area contributed by atoms with Gasteiger partial charge in [-0.05, 0) is 37.1 Å². The van der Waals surface area contributed by atoms with E-state index in [0.29, 0.717) is 33.8 Å². The van der Waals surface area contributed by atoms with E-state index in [4.69, 9.17) is 11.6 Å². The number of allylic oxidation sites excluding steroid dienone is 1. The third-order valence-corrected chi connectivity index (χ3v) is 6.35. The molecule has 0 saturated carbocycles. The summed E-state index contributed by atoms with van der Waals surface area (Å²) in [6.45, 7) is 10.2. The molecule has 0 radical (unpaired) electrons. The van der Waals surface area contributed by atoms with Crippen LogP contribution < -0.4 is 10.6 Å². The third kappa shape index (κ3) is 6.48. The van der Waals surface area contributed by atoms with Crippen molar-refractivity contribution in [2.75, 3.05) is 11.1 Å². The van der Waals surface area contributed by atoms with Gasteiger partial charge in [0.1, 0.15) is 0 Å². The van der Waals surface area contributed by atoms with E-state index in [9.17, 15) is 9.59 Å². The Balaban J connectivity index is 1.76. The van der Waals surface area contributed by atoms with Gasteiger partial charge in [0.05, 0.1) is 22.5 Å². The molecule has 1 heterocycles. The summed E-state index contributed by atoms with van der Waals surface area (Å²) in [5.41, 5.74) is 2.16. The molecule has 9 heteroatoms. The van der Waals surface area contributed by atoms with Gasteiger partial charge in [-0.2, -0.15) is 0 Å². The van der Waals surface area contributed by atoms with Crippen LogP contribution in [0.5, 0.6) is 0 Å². The summed E-state index contributed by atoms with van der Waals surface area (Å²) < 4.78 is 1.88. The van der Waals surface area contributed by atoms with Crippen LogP contribution in [0.1, 0.15) is 41.6 Å². The fraction of sp³-hybridized carbons (Fsp3) is 0.280. The molecular weight excluding hydrogens is 470 g/mol. The van der Waals surface area contributed by atoms with Crippen molar-refractivity contribution in [2.24, 2.45) is 5.92 Å². The summed E-state index contributed by atoms with van der Waals surface area (Å²) in [6, 6.07) is 14.1. The number of rotatable bonds is 10. The molecule has 0 aliphatic rings. The van der Waals surface area contributed by atoms with E-state index in [1.165, 1.54) is 11.8 Å². The summed E-state index contributed by atoms with van der Waals surface area (Å²) in [5.74, 6) is 0.417. The number of hydrogen-bond acceptors (Lipinski definition) is 5. The molecule has 0 aliphatic heterocycles. The fourth-order valence-electron chi connectivity index (χ4n) is 3.36. The van der Waals surface area contributed by atoms with Gasteiger partial charge in [0.15, 0.2) is 11.0 Å². The number of halogens is 1. The predicted octanol–water partition coefficient (Wildman–Crippen LogP) is 5.28. The van der Waals surface area contributed by atoms with Crippen molar-refractivity contribution in [1.29, 1.82) is 0 Å². The zero-order valence-corrected chi connectivity index (χ0v) is 21.0. The highest BCUT2D eigenvalue weighted by molar-refractivity contribution is 7.99. The number of nitrogens with zero attached hydrogens (tertiary/aromatic N) is 3. The van der Waals surface area contributed by atoms with E-state index in [-0.39, 0.29) is 29.5 Å². The second-order valence-corrected chi connectivity index (χ2v) is 9.47. The average Bonchev–Trinajstić information content (AvgIpc) is 3.19. The quantitative estimate of drug-likeness (QED) is 0.293. The van der Waals surface area contributed by atoms with Crippen LogP contribution in [0, 0.1) is 12.8 Å². The van der Waals surface area contributed by atoms with Crippen LogP contribution in [-0.4, -0.2) is 32.3 Å². The predicted molar refractivity (Wildman–Crippen MR) is 137 cm³/mol. The minimum atomic E-state index is -0.369. The molecule has 2 N–H and O–H groups in total. The Labute approximate surface area is 209 Å². The van der Waals surface area contributed by atoms with E-state index in [1.807, 2.05) is 43.5 Å². The van der Waals surface area contributed by atoms with Crippen LogP contribution in [0.3, 0.4) is 0 Å². The summed E-state index contributed by atoms with van der Waals surface area (Å²) in [5, 5.41) is 15.6. The Morgan fingerprint density at radius 2 is 1.94 bits per heavy atom. The lowest BCUT2D eigenvalue weighted by Crippen LogP contribution is -2.34. The van der Waals surface area contributed by atoms with Gasteiger partial charge in [-0.1, -0.05) is 73.1 Å². The topological polar surface area (TPSA) is 88.9 Å². The average molecular weight is 498 g/mol. The van der Waals surface area contributed by atoms with Gasteiger partial charge < -0.3 is 15.2 Å². The van der Waals surface area contributed by atoms with Crippen molar-refractivity contribution in [1.82, 2.24) is 20.1 Å². The van der Waals surface area contributed by atoms with E-state index in [2.05, 4.69) is 27.4 Å². The Morgan fingerprint density at radius 3 is 2.62 bits per heavy atom. The summed E-state index contributed by atoms with van der Waals surface area (Å²) >= 11 is 7.38. The van der Waals surface area contributed by atoms with Gasteiger partial charge in [0.2, 0.25) is 5.91 Å². The first-order chi connectivity index (χ1) is 16.3. The molecule has 1 aromatic heterocycles. The maximum atomic E-state index is 12.9. The number of carbonyl (C=O) groups is 2. The summed E-state index contributed by atoms with van der Waals surface area (Å²) in [6.07, 6.45) is 1.74. The lowest BCUT2D eigenvalue weighted by atomic mass is 10.0. The molecule has 2 aromatic carbocycles. The van der Waals surface area contributed by atoms with Crippen LogP contribution in [0.15, 0.2) is 66.3 Å². The van der Waals surface area contributed by atoms with Gasteiger partial charge in [-0.3, -0.25) is 9.59 Å². The van der Waals surface area contributed by atoms with Crippen molar-refractivity contribution in [3.63, 3.8) is 0 Å². The highest BCUT2D eigenvalue weighted by atomic mass is 35.5. The van der Waals surface area contributed by atoms with Crippen LogP contribution in [0.25, 0.3) is 0 Å². The summed E-state index contributed by atoms with van der Waals surface area (Å²) in [4.78, 5) is 25.4. The van der Waals surface area contributed by atoms with Gasteiger partial charge >= 0.3 is 0 Å². The molecule has 178 valence electrons. The lowest BCUT2D eigenvalue weighted by molar-refractivity contribution is -0.113. The van der Waals surface area contributed by atoms with Crippen LogP contribution in [0.4, 0.5) is 5.69 Å². The first kappa shape index (κ1) is 25.5. The lowest BCUT2D eigenvalue weighted by Gasteiger charge is -2.22. The number of benzene rings is 2. The molecule has 3 aromatic rings. The maximum absolute atomic E-state index is 12.9. The van der Waals surface area contributed by atoms with E-state index >= 15 is 0 Å². The molecule has 1 atom stereocenters. The zero-order valence-electron chi connectivity index (χ0n) is 19.4. The summed E-state index contributed by atoms with van der Waals surface area (Å²) in [7, 11) is 0. The molecule has 0 bridgehead atoms. The molecule has 0 spiro atoms. The molecule has 0 fully saturated rings. The van der Waals surface area contributed by atoms with E-state index in [0.717, 1.165) is 5.56 Å². The van der Waals surface area contributed by atoms with Crippen LogP contribution >= 0.6 is 23.4 Å². The number of thioether (sulfide) groups is 1. The van der Waals surface area contributed by atoms with Crippen molar-refractivity contribution >= 4 is 40.9 Å². The fourth-order valence-corrected chi connectivity index (χ4v) is 4.29. The zero-order chi connectivity index (χ0) is 24.7. The molecule has 0 unspecified atom stereocenters. The Morgan fingerprint density at radius 1 is 1.18 bits per heavy atom. The highest BCUT2D eigenvalue weighted by Crippen LogP contribution is 2.26. The minimum Gasteiger partial charge on any atom is -0.342 e. The maximum Gasteiger partial charge on any atom is 0.251 e. The number of para-hydroxylation sites is 1. The number of hydrogen-bond donors (Lipinski definition) is 2. The number of nitrogens with one attached hydrogen (secondary N) is 2. The largest absolute Gasteiger partial charge is 0.342 e. The van der Waals surface area contributed by atoms with Crippen LogP contribution in [0.2, 0.25) is 5.02 Å². The standard InChI is InChI=1S/C25H28ClN5O2S/c1-5-13-31-23(22(16(2)3)28-24(33)18-10-8-9-17(4)14-18)29-30-25(31)34-15-21(32)27-20-12-7-6-11-19(20)26/h5-12,14,16,22H,1,13,15H2,2-4H3,(H,27,32)(H,28,33)/t22-/m1/s1. The number of aromatic nitrogens is 3. The number of carbonyl (C=O) groups excluding carboxylic acids is 2. The van der Waals surface area contributed by atoms with E-state index < -0.39 is 0 Å². The van der Waals surface area contributed by atoms with Gasteiger partial charge in [-0.25, -0.2) is 0 Å². The van der Waals surface area contributed by atoms with Gasteiger partial charge in [0.25, 0.3) is 5.91 Å². The molecule has 0 aliphatic carbocycles. The van der Waals surface area contributed by atoms with E-state index in [1.54, 1.807) is 36.4 Å². The van der Waals surface area contributed by atoms with Gasteiger partial charge in [0, 0.05) is 12.1 Å². The third-order valence-electron chi connectivity index (χ3n) is 5.05. The molecule has 0 saturated heterocycles. The first-order valence-corrected chi connectivity index (χ1v) is 12.2. The molecule has 7 nitrogen and oxygen atoms in total. The molecule has 34 heavy (non-hydrogen) atoms. The van der Waals surface area contributed by atoms with Crippen molar-refractivity contribution < 1.29 is 9.59 Å². The molecule has 3 rings (SSSR count). The van der Waals surface area contributed by atoms with Crippen molar-refractivity contribution in [3.8, 4) is 0 Å². The SMILES string of the molecule is C=CCn1c(SCC(=O)Nc2ccccc2Cl)nnc1[C@H](NC(=O)c1cccc(C)c1)C(C)C. The second-order valence-electron chi connectivity index (χ2n) is 8.12. The second kappa shape index (κ2) is 11.9. The Hall–Kier alpha value is -3.10. The smallest absolute Gasteiger partial charge is 0.251 e. The molecular formula is C25H28ClN5O2S. The van der Waals surface area contributed by atoms with Crippen LogP contribution in [-0.2, 0) is 11.3 Å². The minimum absolute atomic E-state index is 0.0582. The Bertz CT molecular complexity index is 1180. The number of anilines is 1. The van der Waals surface area contributed by atoms with Crippen molar-refractivity contribution in [3.05, 3.63) is 83.2 Å². The normalized spacial score (nSPS) is 11.8. The first-order valence-electron chi connectivity index (χ1n) is 10.9. The van der Waals surface area contributed by atoms with Crippen molar-refractivity contribution in [2.45, 2.75) is 38.5 Å². The highest BCUT2D eigenvalue weighted by Gasteiger charge is 2.26. The number of aryl methyl sites for hydroxylation is 1. The Kier molecular flexibility index (Phi) is 8.90. The monoisotopic (exact) mass is 497 g/mol. The van der Waals surface area contributed by atoms with Gasteiger partial charge in [-0.15, -0.1) is 16.8 Å². The number of amides is 2. The molecule has 2 amide bonds.